The van der Waals surface area contributed by atoms with Crippen LogP contribution < -0.4 is 4.74 Å². The fraction of sp³-hybridized carbons (Fsp3) is 0.471. The van der Waals surface area contributed by atoms with Gasteiger partial charge in [-0.1, -0.05) is 0 Å². The summed E-state index contributed by atoms with van der Waals surface area (Å²) < 4.78 is 10.4. The second kappa shape index (κ2) is 6.83. The first kappa shape index (κ1) is 16.4. The van der Waals surface area contributed by atoms with Crippen LogP contribution in [0.2, 0.25) is 0 Å². The molecule has 0 fully saturated rings. The first-order valence-electron chi connectivity index (χ1n) is 7.41. The third-order valence-corrected chi connectivity index (χ3v) is 3.96. The van der Waals surface area contributed by atoms with Gasteiger partial charge in [0.15, 0.2) is 0 Å². The molecule has 2 rings (SSSR count). The van der Waals surface area contributed by atoms with Crippen molar-refractivity contribution in [1.82, 2.24) is 9.80 Å². The molecule has 0 radical (unpaired) electrons. The second-order valence-corrected chi connectivity index (χ2v) is 5.54. The average molecular weight is 304 g/mol. The Morgan fingerprint density at radius 1 is 1.27 bits per heavy atom. The third kappa shape index (κ3) is 3.09. The molecule has 5 heteroatoms. The third-order valence-electron chi connectivity index (χ3n) is 3.96. The highest BCUT2D eigenvalue weighted by Gasteiger charge is 2.40. The van der Waals surface area contributed by atoms with E-state index < -0.39 is 0 Å². The molecule has 0 unspecified atom stereocenters. The van der Waals surface area contributed by atoms with Gasteiger partial charge in [0.2, 0.25) is 0 Å². The van der Waals surface area contributed by atoms with Gasteiger partial charge in [-0.2, -0.15) is 0 Å². The van der Waals surface area contributed by atoms with Crippen LogP contribution in [0.1, 0.15) is 12.5 Å². The van der Waals surface area contributed by atoms with Gasteiger partial charge in [0, 0.05) is 12.7 Å². The summed E-state index contributed by atoms with van der Waals surface area (Å²) in [7, 11) is 7.52. The van der Waals surface area contributed by atoms with Crippen molar-refractivity contribution in [2.24, 2.45) is 0 Å². The zero-order valence-electron chi connectivity index (χ0n) is 13.9. The lowest BCUT2D eigenvalue weighted by Gasteiger charge is -2.29. The SMILES string of the molecule is CCOC(=O)[C@H]1[C@@H](N(C)C)C=C(c2ccc(OC)cc2)N1C. The van der Waals surface area contributed by atoms with Gasteiger partial charge in [-0.25, -0.2) is 4.79 Å². The van der Waals surface area contributed by atoms with Gasteiger partial charge in [-0.15, -0.1) is 0 Å². The van der Waals surface area contributed by atoms with E-state index in [1.807, 2.05) is 62.1 Å². The number of carbonyl (C=O) groups is 1. The maximum absolute atomic E-state index is 12.3. The summed E-state index contributed by atoms with van der Waals surface area (Å²) in [6, 6.07) is 7.51. The lowest BCUT2D eigenvalue weighted by atomic mass is 10.1. The second-order valence-electron chi connectivity index (χ2n) is 5.54. The highest BCUT2D eigenvalue weighted by molar-refractivity contribution is 5.83. The average Bonchev–Trinajstić information content (AvgIpc) is 2.85. The summed E-state index contributed by atoms with van der Waals surface area (Å²) in [6.45, 7) is 2.22. The number of esters is 1. The lowest BCUT2D eigenvalue weighted by molar-refractivity contribution is -0.148. The quantitative estimate of drug-likeness (QED) is 0.777. The van der Waals surface area contributed by atoms with Crippen LogP contribution in [0.15, 0.2) is 30.3 Å². The molecule has 22 heavy (non-hydrogen) atoms. The van der Waals surface area contributed by atoms with Gasteiger partial charge in [0.25, 0.3) is 0 Å². The minimum Gasteiger partial charge on any atom is -0.497 e. The molecule has 5 nitrogen and oxygen atoms in total. The van der Waals surface area contributed by atoms with Gasteiger partial charge in [-0.3, -0.25) is 0 Å². The number of hydrogen-bond donors (Lipinski definition) is 0. The van der Waals surface area contributed by atoms with E-state index in [1.54, 1.807) is 7.11 Å². The Morgan fingerprint density at radius 3 is 2.41 bits per heavy atom. The van der Waals surface area contributed by atoms with Crippen molar-refractivity contribution in [3.8, 4) is 5.75 Å². The van der Waals surface area contributed by atoms with E-state index in [1.165, 1.54) is 0 Å². The maximum atomic E-state index is 12.3. The molecular formula is C17H24N2O3. The number of nitrogens with zero attached hydrogens (tertiary/aromatic N) is 2. The van der Waals surface area contributed by atoms with Crippen LogP contribution in [0.3, 0.4) is 0 Å². The Balaban J connectivity index is 2.31. The number of benzene rings is 1. The molecule has 2 atom stereocenters. The summed E-state index contributed by atoms with van der Waals surface area (Å²) in [5, 5.41) is 0. The van der Waals surface area contributed by atoms with Crippen LogP contribution in [-0.4, -0.2) is 62.7 Å². The molecule has 0 N–H and O–H groups in total. The summed E-state index contributed by atoms with van der Waals surface area (Å²) in [5.41, 5.74) is 2.08. The molecule has 1 aromatic rings. The molecule has 0 bridgehead atoms. The van der Waals surface area contributed by atoms with Crippen LogP contribution in [0, 0.1) is 0 Å². The van der Waals surface area contributed by atoms with Crippen molar-refractivity contribution in [3.05, 3.63) is 35.9 Å². The van der Waals surface area contributed by atoms with Gasteiger partial charge < -0.3 is 19.3 Å². The van der Waals surface area contributed by atoms with Crippen molar-refractivity contribution in [2.75, 3.05) is 34.9 Å². The first-order chi connectivity index (χ1) is 10.5. The summed E-state index contributed by atoms with van der Waals surface area (Å²) in [5.74, 6) is 0.625. The van der Waals surface area contributed by atoms with E-state index in [2.05, 4.69) is 6.08 Å². The fourth-order valence-electron chi connectivity index (χ4n) is 2.77. The lowest BCUT2D eigenvalue weighted by Crippen LogP contribution is -2.47. The minimum absolute atomic E-state index is 0.0128. The largest absolute Gasteiger partial charge is 0.497 e. The molecule has 0 amide bonds. The Morgan fingerprint density at radius 2 is 1.91 bits per heavy atom. The van der Waals surface area contributed by atoms with Crippen LogP contribution in [0.4, 0.5) is 0 Å². The molecule has 120 valence electrons. The number of carbonyl (C=O) groups excluding carboxylic acids is 1. The molecule has 0 aromatic heterocycles. The van der Waals surface area contributed by atoms with Crippen molar-refractivity contribution in [2.45, 2.75) is 19.0 Å². The van der Waals surface area contributed by atoms with Crippen LogP contribution in [-0.2, 0) is 9.53 Å². The van der Waals surface area contributed by atoms with Gasteiger partial charge in [0.05, 0.1) is 19.8 Å². The van der Waals surface area contributed by atoms with Gasteiger partial charge >= 0.3 is 5.97 Å². The summed E-state index contributed by atoms with van der Waals surface area (Å²) in [6.07, 6.45) is 2.11. The molecule has 1 aromatic carbocycles. The zero-order chi connectivity index (χ0) is 16.3. The Bertz CT molecular complexity index is 552. The predicted octanol–water partition coefficient (Wildman–Crippen LogP) is 1.84. The first-order valence-corrected chi connectivity index (χ1v) is 7.41. The van der Waals surface area contributed by atoms with Crippen molar-refractivity contribution >= 4 is 11.7 Å². The van der Waals surface area contributed by atoms with E-state index in [0.29, 0.717) is 6.61 Å². The van der Waals surface area contributed by atoms with Crippen LogP contribution in [0.5, 0.6) is 5.75 Å². The molecule has 0 saturated heterocycles. The molecule has 1 aliphatic heterocycles. The Kier molecular flexibility index (Phi) is 5.08. The number of rotatable bonds is 5. The highest BCUT2D eigenvalue weighted by atomic mass is 16.5. The molecule has 0 aliphatic carbocycles. The van der Waals surface area contributed by atoms with E-state index >= 15 is 0 Å². The van der Waals surface area contributed by atoms with Crippen molar-refractivity contribution < 1.29 is 14.3 Å². The smallest absolute Gasteiger partial charge is 0.330 e. The van der Waals surface area contributed by atoms with Gasteiger partial charge in [0.1, 0.15) is 11.8 Å². The topological polar surface area (TPSA) is 42.0 Å². The van der Waals surface area contributed by atoms with Crippen molar-refractivity contribution in [3.63, 3.8) is 0 Å². The number of ether oxygens (including phenoxy) is 2. The molecule has 0 spiro atoms. The van der Waals surface area contributed by atoms with E-state index in [0.717, 1.165) is 17.0 Å². The van der Waals surface area contributed by atoms with Crippen LogP contribution in [0.25, 0.3) is 5.70 Å². The van der Waals surface area contributed by atoms with E-state index in [4.69, 9.17) is 9.47 Å². The van der Waals surface area contributed by atoms with Gasteiger partial charge in [-0.05, 0) is 56.9 Å². The zero-order valence-corrected chi connectivity index (χ0v) is 13.9. The molecular weight excluding hydrogens is 280 g/mol. The molecule has 0 saturated carbocycles. The van der Waals surface area contributed by atoms with E-state index in [-0.39, 0.29) is 18.1 Å². The predicted molar refractivity (Wildman–Crippen MR) is 86.6 cm³/mol. The minimum atomic E-state index is -0.327. The normalized spacial score (nSPS) is 21.0. The highest BCUT2D eigenvalue weighted by Crippen LogP contribution is 2.32. The standard InChI is InChI=1S/C17H24N2O3/c1-6-22-17(20)16-15(18(2)3)11-14(19(16)4)12-7-9-13(21-5)10-8-12/h7-11,15-16H,6H2,1-5H3/t15-,16+/m0/s1. The fourth-order valence-corrected chi connectivity index (χ4v) is 2.77. The Labute approximate surface area is 132 Å². The number of likely N-dealkylation sites (N-methyl/N-ethyl adjacent to an activating group) is 2. The molecule has 1 aliphatic rings. The van der Waals surface area contributed by atoms with Crippen molar-refractivity contribution in [1.29, 1.82) is 0 Å². The van der Waals surface area contributed by atoms with Crippen LogP contribution >= 0.6 is 0 Å². The summed E-state index contributed by atoms with van der Waals surface area (Å²) in [4.78, 5) is 16.3. The Hall–Kier alpha value is -2.01. The maximum Gasteiger partial charge on any atom is 0.330 e. The van der Waals surface area contributed by atoms with E-state index in [9.17, 15) is 4.79 Å². The molecule has 1 heterocycles. The number of methoxy groups -OCH3 is 1. The monoisotopic (exact) mass is 304 g/mol. The summed E-state index contributed by atoms with van der Waals surface area (Å²) >= 11 is 0. The number of hydrogen-bond acceptors (Lipinski definition) is 5.